The molecule has 0 spiro atoms. The molecule has 106 valence electrons. The zero-order valence-electron chi connectivity index (χ0n) is 11.6. The van der Waals surface area contributed by atoms with E-state index in [0.717, 1.165) is 21.8 Å². The van der Waals surface area contributed by atoms with Crippen molar-refractivity contribution < 1.29 is 9.53 Å². The van der Waals surface area contributed by atoms with Gasteiger partial charge in [-0.1, -0.05) is 12.1 Å². The van der Waals surface area contributed by atoms with Gasteiger partial charge < -0.3 is 15.8 Å². The Bertz CT molecular complexity index is 576. The fraction of sp³-hybridized carbons (Fsp3) is 0.267. The molecule has 1 aromatic carbocycles. The molecular formula is C15H18N2O2S. The van der Waals surface area contributed by atoms with Crippen LogP contribution >= 0.6 is 11.3 Å². The van der Waals surface area contributed by atoms with Gasteiger partial charge in [0.2, 0.25) is 5.91 Å². The van der Waals surface area contributed by atoms with E-state index in [-0.39, 0.29) is 5.91 Å². The van der Waals surface area contributed by atoms with E-state index in [0.29, 0.717) is 6.54 Å². The topological polar surface area (TPSA) is 64.3 Å². The molecule has 0 unspecified atom stereocenters. The lowest BCUT2D eigenvalue weighted by molar-refractivity contribution is -0.122. The highest BCUT2D eigenvalue weighted by molar-refractivity contribution is 7.10. The molecule has 0 saturated carbocycles. The number of methoxy groups -OCH3 is 1. The van der Waals surface area contributed by atoms with Crippen molar-refractivity contribution in [2.75, 3.05) is 7.11 Å². The molecule has 0 aliphatic carbocycles. The van der Waals surface area contributed by atoms with Crippen molar-refractivity contribution in [3.63, 3.8) is 0 Å². The second-order valence-corrected chi connectivity index (χ2v) is 5.53. The predicted octanol–water partition coefficient (Wildman–Crippen LogP) is 2.39. The van der Waals surface area contributed by atoms with Crippen LogP contribution in [0.2, 0.25) is 0 Å². The van der Waals surface area contributed by atoms with E-state index in [1.54, 1.807) is 25.4 Å². The summed E-state index contributed by atoms with van der Waals surface area (Å²) in [5.74, 6) is 0.706. The van der Waals surface area contributed by atoms with Gasteiger partial charge in [0.05, 0.1) is 19.7 Å². The van der Waals surface area contributed by atoms with E-state index in [1.807, 2.05) is 24.3 Å². The number of amides is 1. The number of hydrogen-bond acceptors (Lipinski definition) is 4. The first-order valence-corrected chi connectivity index (χ1v) is 7.23. The second-order valence-electron chi connectivity index (χ2n) is 4.54. The molecule has 0 bridgehead atoms. The molecule has 2 aromatic rings. The highest BCUT2D eigenvalue weighted by Crippen LogP contribution is 2.27. The lowest BCUT2D eigenvalue weighted by Gasteiger charge is -2.05. The van der Waals surface area contributed by atoms with Gasteiger partial charge in [-0.15, -0.1) is 11.3 Å². The minimum atomic E-state index is -0.476. The van der Waals surface area contributed by atoms with Crippen LogP contribution < -0.4 is 15.8 Å². The first kappa shape index (κ1) is 14.6. The largest absolute Gasteiger partial charge is 0.497 e. The predicted molar refractivity (Wildman–Crippen MR) is 81.8 cm³/mol. The van der Waals surface area contributed by atoms with E-state index in [2.05, 4.69) is 16.8 Å². The number of rotatable bonds is 5. The standard InChI is InChI=1S/C15H18N2O2S/c1-10(16)15(18)17-8-14-7-12(9-20-14)11-3-5-13(19-2)6-4-11/h3-7,9-10H,8,16H2,1-2H3,(H,17,18)/t10-/m1/s1. The van der Waals surface area contributed by atoms with Gasteiger partial charge in [-0.05, 0) is 41.6 Å². The van der Waals surface area contributed by atoms with Crippen LogP contribution in [0.5, 0.6) is 5.75 Å². The molecule has 5 heteroatoms. The number of benzene rings is 1. The van der Waals surface area contributed by atoms with E-state index in [1.165, 1.54) is 0 Å². The number of carbonyl (C=O) groups excluding carboxylic acids is 1. The molecule has 1 aromatic heterocycles. The van der Waals surface area contributed by atoms with Crippen molar-refractivity contribution in [2.24, 2.45) is 5.73 Å². The summed E-state index contributed by atoms with van der Waals surface area (Å²) in [6.45, 7) is 2.19. The molecule has 4 nitrogen and oxygen atoms in total. The lowest BCUT2D eigenvalue weighted by Crippen LogP contribution is -2.37. The van der Waals surface area contributed by atoms with Crippen LogP contribution in [0.3, 0.4) is 0 Å². The van der Waals surface area contributed by atoms with Crippen LogP contribution in [-0.4, -0.2) is 19.1 Å². The Morgan fingerprint density at radius 2 is 2.05 bits per heavy atom. The summed E-state index contributed by atoms with van der Waals surface area (Å²) in [5.41, 5.74) is 7.78. The van der Waals surface area contributed by atoms with Gasteiger partial charge >= 0.3 is 0 Å². The molecule has 0 saturated heterocycles. The number of nitrogens with one attached hydrogen (secondary N) is 1. The SMILES string of the molecule is COc1ccc(-c2csc(CNC(=O)[C@@H](C)N)c2)cc1. The minimum absolute atomic E-state index is 0.135. The molecule has 0 aliphatic rings. The van der Waals surface area contributed by atoms with Crippen LogP contribution in [0.4, 0.5) is 0 Å². The maximum Gasteiger partial charge on any atom is 0.236 e. The van der Waals surface area contributed by atoms with Crippen LogP contribution in [0.25, 0.3) is 11.1 Å². The summed E-state index contributed by atoms with van der Waals surface area (Å²) in [7, 11) is 1.65. The number of nitrogens with two attached hydrogens (primary N) is 1. The van der Waals surface area contributed by atoms with Gasteiger partial charge in [-0.3, -0.25) is 4.79 Å². The van der Waals surface area contributed by atoms with E-state index in [9.17, 15) is 4.79 Å². The third-order valence-corrected chi connectivity index (χ3v) is 3.86. The number of ether oxygens (including phenoxy) is 1. The summed E-state index contributed by atoms with van der Waals surface area (Å²) >= 11 is 1.62. The van der Waals surface area contributed by atoms with Crippen molar-refractivity contribution in [1.29, 1.82) is 0 Å². The highest BCUT2D eigenvalue weighted by Gasteiger charge is 2.08. The fourth-order valence-electron chi connectivity index (χ4n) is 1.74. The van der Waals surface area contributed by atoms with Crippen LogP contribution in [-0.2, 0) is 11.3 Å². The van der Waals surface area contributed by atoms with Gasteiger partial charge in [0.25, 0.3) is 0 Å². The fourth-order valence-corrected chi connectivity index (χ4v) is 2.58. The summed E-state index contributed by atoms with van der Waals surface area (Å²) in [6, 6.07) is 9.51. The summed E-state index contributed by atoms with van der Waals surface area (Å²) in [6.07, 6.45) is 0. The van der Waals surface area contributed by atoms with Crippen molar-refractivity contribution >= 4 is 17.2 Å². The third-order valence-electron chi connectivity index (χ3n) is 2.93. The van der Waals surface area contributed by atoms with Gasteiger partial charge in [-0.25, -0.2) is 0 Å². The van der Waals surface area contributed by atoms with Crippen molar-refractivity contribution in [3.8, 4) is 16.9 Å². The molecule has 0 aliphatic heterocycles. The van der Waals surface area contributed by atoms with E-state index >= 15 is 0 Å². The number of thiophene rings is 1. The van der Waals surface area contributed by atoms with Crippen molar-refractivity contribution in [2.45, 2.75) is 19.5 Å². The molecule has 3 N–H and O–H groups in total. The number of carbonyl (C=O) groups is 1. The van der Waals surface area contributed by atoms with Crippen molar-refractivity contribution in [3.05, 3.63) is 40.6 Å². The quantitative estimate of drug-likeness (QED) is 0.888. The molecule has 1 atom stereocenters. The van der Waals surface area contributed by atoms with Gasteiger partial charge in [0.1, 0.15) is 5.75 Å². The smallest absolute Gasteiger partial charge is 0.236 e. The molecule has 1 heterocycles. The Balaban J connectivity index is 2.02. The van der Waals surface area contributed by atoms with Crippen LogP contribution in [0.15, 0.2) is 35.7 Å². The summed E-state index contributed by atoms with van der Waals surface area (Å²) < 4.78 is 5.14. The maximum absolute atomic E-state index is 11.4. The highest BCUT2D eigenvalue weighted by atomic mass is 32.1. The Hall–Kier alpha value is -1.85. The van der Waals surface area contributed by atoms with Crippen LogP contribution in [0.1, 0.15) is 11.8 Å². The Morgan fingerprint density at radius 3 is 2.65 bits per heavy atom. The molecule has 0 radical (unpaired) electrons. The monoisotopic (exact) mass is 290 g/mol. The molecule has 20 heavy (non-hydrogen) atoms. The van der Waals surface area contributed by atoms with Gasteiger partial charge in [0.15, 0.2) is 0 Å². The van der Waals surface area contributed by atoms with Crippen molar-refractivity contribution in [1.82, 2.24) is 5.32 Å². The molecular weight excluding hydrogens is 272 g/mol. The summed E-state index contributed by atoms with van der Waals surface area (Å²) in [5, 5.41) is 4.89. The Labute approximate surface area is 122 Å². The Kier molecular flexibility index (Phi) is 4.76. The zero-order valence-corrected chi connectivity index (χ0v) is 12.4. The first-order valence-electron chi connectivity index (χ1n) is 6.35. The molecule has 0 fully saturated rings. The Morgan fingerprint density at radius 1 is 1.35 bits per heavy atom. The minimum Gasteiger partial charge on any atom is -0.497 e. The van der Waals surface area contributed by atoms with E-state index in [4.69, 9.17) is 10.5 Å². The van der Waals surface area contributed by atoms with Gasteiger partial charge in [0, 0.05) is 4.88 Å². The first-order chi connectivity index (χ1) is 9.60. The van der Waals surface area contributed by atoms with E-state index < -0.39 is 6.04 Å². The molecule has 1 amide bonds. The van der Waals surface area contributed by atoms with Gasteiger partial charge in [-0.2, -0.15) is 0 Å². The zero-order chi connectivity index (χ0) is 14.5. The van der Waals surface area contributed by atoms with Crippen LogP contribution in [0, 0.1) is 0 Å². The number of hydrogen-bond donors (Lipinski definition) is 2. The normalized spacial score (nSPS) is 11.9. The summed E-state index contributed by atoms with van der Waals surface area (Å²) in [4.78, 5) is 12.5. The lowest BCUT2D eigenvalue weighted by atomic mass is 10.1. The average Bonchev–Trinajstić information content (AvgIpc) is 2.93. The maximum atomic E-state index is 11.4. The third kappa shape index (κ3) is 3.59. The second kappa shape index (κ2) is 6.54. The average molecular weight is 290 g/mol. The molecule has 2 rings (SSSR count).